The van der Waals surface area contributed by atoms with Gasteiger partial charge in [-0.2, -0.15) is 0 Å². The van der Waals surface area contributed by atoms with Gasteiger partial charge in [0.1, 0.15) is 0 Å². The minimum atomic E-state index is -0.0645. The Balaban J connectivity index is 3.47. The summed E-state index contributed by atoms with van der Waals surface area (Å²) in [5.74, 6) is -0.0244. The van der Waals surface area contributed by atoms with E-state index in [-0.39, 0.29) is 11.9 Å². The summed E-state index contributed by atoms with van der Waals surface area (Å²) in [7, 11) is 0. The fraction of sp³-hybridized carbons (Fsp3) is 0.800. The molecule has 2 heteroatoms. The van der Waals surface area contributed by atoms with E-state index >= 15 is 0 Å². The van der Waals surface area contributed by atoms with Crippen molar-refractivity contribution in [3.63, 3.8) is 0 Å². The zero-order valence-electron chi connectivity index (χ0n) is 8.14. The number of esters is 1. The summed E-state index contributed by atoms with van der Waals surface area (Å²) >= 11 is 0. The van der Waals surface area contributed by atoms with E-state index in [0.29, 0.717) is 6.61 Å². The van der Waals surface area contributed by atoms with Crippen molar-refractivity contribution in [3.05, 3.63) is 6.92 Å². The van der Waals surface area contributed by atoms with Crippen LogP contribution in [0, 0.1) is 12.8 Å². The zero-order valence-corrected chi connectivity index (χ0v) is 8.14. The average Bonchev–Trinajstić information content (AvgIpc) is 2.10. The maximum Gasteiger partial charge on any atom is 0.308 e. The van der Waals surface area contributed by atoms with Gasteiger partial charge in [-0.1, -0.05) is 33.6 Å². The Morgan fingerprint density at radius 2 is 2.25 bits per heavy atom. The second-order valence-corrected chi connectivity index (χ2v) is 3.06. The summed E-state index contributed by atoms with van der Waals surface area (Å²) in [5.41, 5.74) is 0. The van der Waals surface area contributed by atoms with Gasteiger partial charge in [0, 0.05) is 0 Å². The van der Waals surface area contributed by atoms with Gasteiger partial charge in [0.25, 0.3) is 0 Å². The molecule has 0 saturated heterocycles. The number of ether oxygens (including phenoxy) is 1. The van der Waals surface area contributed by atoms with Crippen LogP contribution in [0.2, 0.25) is 0 Å². The lowest BCUT2D eigenvalue weighted by molar-refractivity contribution is -0.148. The number of unbranched alkanes of at least 4 members (excludes halogenated alkanes) is 1. The quantitative estimate of drug-likeness (QED) is 0.574. The second kappa shape index (κ2) is 7.14. The molecule has 0 N–H and O–H groups in total. The molecule has 71 valence electrons. The Labute approximate surface area is 75.3 Å². The molecule has 0 saturated carbocycles. The molecule has 0 fully saturated rings. The molecule has 0 heterocycles. The highest BCUT2D eigenvalue weighted by atomic mass is 16.5. The number of rotatable bonds is 6. The van der Waals surface area contributed by atoms with Crippen molar-refractivity contribution >= 4 is 5.97 Å². The maximum absolute atomic E-state index is 11.2. The Hall–Kier alpha value is -0.530. The molecule has 2 nitrogen and oxygen atoms in total. The number of hydrogen-bond donors (Lipinski definition) is 0. The zero-order chi connectivity index (χ0) is 9.40. The first-order valence-electron chi connectivity index (χ1n) is 4.68. The molecule has 0 aromatic heterocycles. The van der Waals surface area contributed by atoms with Gasteiger partial charge in [-0.3, -0.25) is 4.79 Å². The Morgan fingerprint density at radius 3 is 2.75 bits per heavy atom. The minimum Gasteiger partial charge on any atom is -0.465 e. The molecule has 0 aromatic carbocycles. The summed E-state index contributed by atoms with van der Waals surface area (Å²) < 4.78 is 4.99. The van der Waals surface area contributed by atoms with Gasteiger partial charge < -0.3 is 4.74 Å². The van der Waals surface area contributed by atoms with Crippen LogP contribution in [-0.4, -0.2) is 12.6 Å². The molecule has 0 aliphatic rings. The van der Waals surface area contributed by atoms with Crippen LogP contribution in [0.5, 0.6) is 0 Å². The summed E-state index contributed by atoms with van der Waals surface area (Å²) in [4.78, 5) is 11.2. The van der Waals surface area contributed by atoms with Crippen LogP contribution in [0.15, 0.2) is 0 Å². The van der Waals surface area contributed by atoms with Crippen molar-refractivity contribution in [2.75, 3.05) is 6.61 Å². The third-order valence-electron chi connectivity index (χ3n) is 1.74. The molecule has 0 rings (SSSR count). The van der Waals surface area contributed by atoms with Crippen LogP contribution < -0.4 is 0 Å². The number of carbonyl (C=O) groups is 1. The van der Waals surface area contributed by atoms with Crippen LogP contribution in [0.1, 0.15) is 39.5 Å². The monoisotopic (exact) mass is 171 g/mol. The maximum atomic E-state index is 11.2. The largest absolute Gasteiger partial charge is 0.465 e. The van der Waals surface area contributed by atoms with Crippen LogP contribution >= 0.6 is 0 Å². The molecule has 0 amide bonds. The first-order chi connectivity index (χ1) is 5.72. The average molecular weight is 171 g/mol. The van der Waals surface area contributed by atoms with Crippen LogP contribution in [0.25, 0.3) is 0 Å². The van der Waals surface area contributed by atoms with Crippen LogP contribution in [0.3, 0.4) is 0 Å². The molecular weight excluding hydrogens is 152 g/mol. The third kappa shape index (κ3) is 5.16. The smallest absolute Gasteiger partial charge is 0.308 e. The highest BCUT2D eigenvalue weighted by Gasteiger charge is 2.12. The normalized spacial score (nSPS) is 12.6. The van der Waals surface area contributed by atoms with Crippen molar-refractivity contribution < 1.29 is 9.53 Å². The minimum absolute atomic E-state index is 0.0401. The predicted molar refractivity (Wildman–Crippen MR) is 49.6 cm³/mol. The highest BCUT2D eigenvalue weighted by molar-refractivity contribution is 5.71. The summed E-state index contributed by atoms with van der Waals surface area (Å²) in [6, 6.07) is 0. The molecule has 1 atom stereocenters. The SMILES string of the molecule is [CH2]CCCC(C)C(=O)OCCC. The molecule has 0 aromatic rings. The third-order valence-corrected chi connectivity index (χ3v) is 1.74. The van der Waals surface area contributed by atoms with E-state index in [1.165, 1.54) is 0 Å². The summed E-state index contributed by atoms with van der Waals surface area (Å²) in [6.45, 7) is 8.18. The lowest BCUT2D eigenvalue weighted by Gasteiger charge is -2.09. The fourth-order valence-electron chi connectivity index (χ4n) is 0.913. The first kappa shape index (κ1) is 11.5. The molecule has 0 aliphatic carbocycles. The van der Waals surface area contributed by atoms with Gasteiger partial charge in [0.05, 0.1) is 12.5 Å². The lowest BCUT2D eigenvalue weighted by atomic mass is 10.1. The number of hydrogen-bond acceptors (Lipinski definition) is 2. The van der Waals surface area contributed by atoms with Gasteiger partial charge in [0.15, 0.2) is 0 Å². The molecule has 0 bridgehead atoms. The van der Waals surface area contributed by atoms with Gasteiger partial charge in [0.2, 0.25) is 0 Å². The standard InChI is InChI=1S/C10H19O2/c1-4-6-7-9(3)10(11)12-8-5-2/h9H,1,4-8H2,2-3H3. The highest BCUT2D eigenvalue weighted by Crippen LogP contribution is 2.09. The molecule has 12 heavy (non-hydrogen) atoms. The van der Waals surface area contributed by atoms with Crippen LogP contribution in [0.4, 0.5) is 0 Å². The van der Waals surface area contributed by atoms with Crippen molar-refractivity contribution in [2.24, 2.45) is 5.92 Å². The van der Waals surface area contributed by atoms with E-state index in [1.54, 1.807) is 0 Å². The fourth-order valence-corrected chi connectivity index (χ4v) is 0.913. The predicted octanol–water partition coefficient (Wildman–Crippen LogP) is 2.58. The van der Waals surface area contributed by atoms with Gasteiger partial charge in [-0.15, -0.1) is 0 Å². The van der Waals surface area contributed by atoms with E-state index in [9.17, 15) is 4.79 Å². The van der Waals surface area contributed by atoms with Crippen molar-refractivity contribution in [1.82, 2.24) is 0 Å². The van der Waals surface area contributed by atoms with Crippen LogP contribution in [-0.2, 0) is 9.53 Å². The van der Waals surface area contributed by atoms with Crippen molar-refractivity contribution in [1.29, 1.82) is 0 Å². The number of carbonyl (C=O) groups excluding carboxylic acids is 1. The van der Waals surface area contributed by atoms with E-state index < -0.39 is 0 Å². The molecule has 0 aliphatic heterocycles. The molecule has 1 unspecified atom stereocenters. The van der Waals surface area contributed by atoms with E-state index in [2.05, 4.69) is 6.92 Å². The Kier molecular flexibility index (Phi) is 6.82. The Bertz CT molecular complexity index is 121. The van der Waals surface area contributed by atoms with E-state index in [1.807, 2.05) is 13.8 Å². The van der Waals surface area contributed by atoms with Crippen molar-refractivity contribution in [3.8, 4) is 0 Å². The molecule has 1 radical (unpaired) electrons. The molecule has 0 spiro atoms. The second-order valence-electron chi connectivity index (χ2n) is 3.06. The summed E-state index contributed by atoms with van der Waals surface area (Å²) in [6.07, 6.45) is 3.69. The van der Waals surface area contributed by atoms with Crippen molar-refractivity contribution in [2.45, 2.75) is 39.5 Å². The molecular formula is C10H19O2. The van der Waals surface area contributed by atoms with Gasteiger partial charge >= 0.3 is 5.97 Å². The summed E-state index contributed by atoms with van der Waals surface area (Å²) in [5, 5.41) is 0. The van der Waals surface area contributed by atoms with E-state index in [0.717, 1.165) is 25.7 Å². The topological polar surface area (TPSA) is 26.3 Å². The Morgan fingerprint density at radius 1 is 1.58 bits per heavy atom. The van der Waals surface area contributed by atoms with E-state index in [4.69, 9.17) is 4.74 Å². The first-order valence-corrected chi connectivity index (χ1v) is 4.68. The lowest BCUT2D eigenvalue weighted by Crippen LogP contribution is -2.15. The van der Waals surface area contributed by atoms with Gasteiger partial charge in [-0.05, 0) is 12.8 Å². The van der Waals surface area contributed by atoms with Gasteiger partial charge in [-0.25, -0.2) is 0 Å².